The molecule has 0 aliphatic carbocycles. The molecule has 26 heteroatoms. The second kappa shape index (κ2) is 36.0. The third kappa shape index (κ3) is 44.5. The maximum atomic E-state index is 11.3. The molecule has 0 bridgehead atoms. The van der Waals surface area contributed by atoms with Crippen LogP contribution in [0.4, 0.5) is 0 Å². The van der Waals surface area contributed by atoms with E-state index in [1.54, 1.807) is 0 Å². The van der Waals surface area contributed by atoms with Crippen molar-refractivity contribution in [3.8, 4) is 0 Å². The molecular formula is C54H134O14Si12. The van der Waals surface area contributed by atoms with Crippen LogP contribution >= 0.6 is 0 Å². The van der Waals surface area contributed by atoms with Gasteiger partial charge in [-0.05, 0) is 233 Å². The number of aliphatic hydroxyl groups excluding tert-OH is 2. The first-order chi connectivity index (χ1) is 35.9. The predicted octanol–water partition coefficient (Wildman–Crippen LogP) is 16.3. The minimum absolute atomic E-state index is 0.257. The van der Waals surface area contributed by atoms with Crippen LogP contribution in [0.3, 0.4) is 0 Å². The molecule has 0 aromatic carbocycles. The average Bonchev–Trinajstić information content (AvgIpc) is 3.18. The molecule has 14 nitrogen and oxygen atoms in total. The molecule has 0 aliphatic rings. The molecular weight excluding hydrogens is 1210 g/mol. The van der Waals surface area contributed by atoms with E-state index in [4.69, 9.17) is 51.9 Å². The monoisotopic (exact) mass is 1340 g/mol. The second-order valence-electron chi connectivity index (χ2n) is 31.3. The molecule has 80 heavy (non-hydrogen) atoms. The highest BCUT2D eigenvalue weighted by Gasteiger charge is 2.44. The molecule has 0 unspecified atom stereocenters. The van der Waals surface area contributed by atoms with Gasteiger partial charge in [-0.3, -0.25) is 0 Å². The van der Waals surface area contributed by atoms with Crippen molar-refractivity contribution in [1.82, 2.24) is 0 Å². The van der Waals surface area contributed by atoms with Crippen LogP contribution in [-0.4, -0.2) is 175 Å². The van der Waals surface area contributed by atoms with Crippen LogP contribution in [0.2, 0.25) is 207 Å². The number of rotatable bonds is 49. The Morgan fingerprint density at radius 2 is 0.388 bits per heavy atom. The van der Waals surface area contributed by atoms with Crippen LogP contribution in [0.1, 0.15) is 77.0 Å². The average molecular weight is 1340 g/mol. The van der Waals surface area contributed by atoms with E-state index in [0.29, 0.717) is 26.4 Å². The van der Waals surface area contributed by atoms with Crippen molar-refractivity contribution in [3.63, 3.8) is 0 Å². The smallest absolute Gasteiger partial charge is 0.314 e. The molecule has 2 N–H and O–H groups in total. The van der Waals surface area contributed by atoms with Crippen molar-refractivity contribution in [1.29, 1.82) is 0 Å². The Morgan fingerprint density at radius 1 is 0.225 bits per heavy atom. The van der Waals surface area contributed by atoms with E-state index in [1.165, 1.54) is 0 Å². The highest BCUT2D eigenvalue weighted by molar-refractivity contribution is 6.90. The summed E-state index contributed by atoms with van der Waals surface area (Å²) in [6, 6.07) is 3.75. The van der Waals surface area contributed by atoms with Crippen molar-refractivity contribution in [2.45, 2.75) is 309 Å². The lowest BCUT2D eigenvalue weighted by Gasteiger charge is -2.39. The van der Waals surface area contributed by atoms with Crippen LogP contribution in [0, 0.1) is 0 Å². The van der Waals surface area contributed by atoms with Gasteiger partial charge in [-0.1, -0.05) is 51.4 Å². The Balaban J connectivity index is 6.81. The first-order valence-corrected chi connectivity index (χ1v) is 68.6. The fourth-order valence-corrected chi connectivity index (χ4v) is 61.3. The van der Waals surface area contributed by atoms with E-state index < -0.39 is 125 Å². The maximum absolute atomic E-state index is 11.3. The van der Waals surface area contributed by atoms with E-state index in [0.717, 1.165) is 101 Å². The molecule has 0 amide bonds. The molecule has 0 aromatic heterocycles. The van der Waals surface area contributed by atoms with Gasteiger partial charge < -0.3 is 62.1 Å². The van der Waals surface area contributed by atoms with E-state index in [1.807, 2.05) is 0 Å². The van der Waals surface area contributed by atoms with Crippen molar-refractivity contribution < 1.29 is 62.1 Å². The highest BCUT2D eigenvalue weighted by Crippen LogP contribution is 2.31. The summed E-state index contributed by atoms with van der Waals surface area (Å²) in [4.78, 5) is 0. The second-order valence-corrected chi connectivity index (χ2v) is 82.7. The van der Waals surface area contributed by atoms with Crippen LogP contribution < -0.4 is 0 Å². The van der Waals surface area contributed by atoms with Gasteiger partial charge >= 0.3 is 34.2 Å². The lowest BCUT2D eigenvalue weighted by atomic mass is 10.0. The molecule has 0 aliphatic heterocycles. The van der Waals surface area contributed by atoms with E-state index in [2.05, 4.69) is 183 Å². The van der Waals surface area contributed by atoms with Gasteiger partial charge in [0.1, 0.15) is 24.4 Å². The summed E-state index contributed by atoms with van der Waals surface area (Å²) in [5.74, 6) is 0. The van der Waals surface area contributed by atoms with Crippen molar-refractivity contribution in [2.24, 2.45) is 0 Å². The third-order valence-electron chi connectivity index (χ3n) is 12.0. The largest absolute Gasteiger partial charge is 0.437 e. The molecule has 0 fully saturated rings. The van der Waals surface area contributed by atoms with E-state index in [-0.39, 0.29) is 13.2 Å². The fraction of sp³-hybridized carbons (Fsp3) is 1.00. The topological polar surface area (TPSA) is 151 Å². The summed E-state index contributed by atoms with van der Waals surface area (Å²) in [5, 5.41) is 22.5. The highest BCUT2D eigenvalue weighted by atomic mass is 28.5. The number of ether oxygens (including phenoxy) is 4. The molecule has 0 aromatic rings. The lowest BCUT2D eigenvalue weighted by Crippen LogP contribution is -2.52. The Labute approximate surface area is 508 Å². The van der Waals surface area contributed by atoms with Crippen molar-refractivity contribution in [3.05, 3.63) is 0 Å². The molecule has 0 heterocycles. The molecule has 0 radical (unpaired) electrons. The summed E-state index contributed by atoms with van der Waals surface area (Å²) < 4.78 is 81.8. The SMILES string of the molecule is C[Si](C)(C)O[Si](C)(CCCCCO[C@H]([C@H](OCCCCC[Si](C)(O[Si](C)(C)C)O[Si](C)(C)C)[C@H](CO)OCCCCC[Si](C)(O[Si](C)(C)C)O[Si](C)(C)C)[C@H](CO)OCCCCC[Si](C)(O[Si](C)(C)C)O[Si](C)(C)C)O[Si](C)(C)C. The Hall–Kier alpha value is 2.04. The molecule has 4 atom stereocenters. The van der Waals surface area contributed by atoms with Crippen LogP contribution in [0.5, 0.6) is 0 Å². The first-order valence-electron chi connectivity index (χ1n) is 31.2. The Bertz CT molecular complexity index is 1460. The Kier molecular flexibility index (Phi) is 37.0. The van der Waals surface area contributed by atoms with Gasteiger partial charge in [0.25, 0.3) is 0 Å². The predicted molar refractivity (Wildman–Crippen MR) is 370 cm³/mol. The van der Waals surface area contributed by atoms with Gasteiger partial charge in [0.05, 0.1) is 13.2 Å². The molecule has 482 valence electrons. The lowest BCUT2D eigenvalue weighted by molar-refractivity contribution is -0.192. The number of hydrogen-bond acceptors (Lipinski definition) is 14. The van der Waals surface area contributed by atoms with Gasteiger partial charge in [0, 0.05) is 26.4 Å². The van der Waals surface area contributed by atoms with Gasteiger partial charge in [0.2, 0.25) is 0 Å². The summed E-state index contributed by atoms with van der Waals surface area (Å²) in [7, 11) is -24.1. The summed E-state index contributed by atoms with van der Waals surface area (Å²) in [5.41, 5.74) is 0. The van der Waals surface area contributed by atoms with Gasteiger partial charge in [0.15, 0.2) is 66.5 Å². The van der Waals surface area contributed by atoms with Crippen LogP contribution in [0.25, 0.3) is 0 Å². The van der Waals surface area contributed by atoms with E-state index >= 15 is 0 Å². The molecule has 0 rings (SSSR count). The summed E-state index contributed by atoms with van der Waals surface area (Å²) >= 11 is 0. The molecule has 0 saturated heterocycles. The zero-order valence-corrected chi connectivity index (χ0v) is 69.7. The standard InChI is InChI=1S/C54H134O14Si12/c1-69(2,3)61-77(25,62-70(4,5)6)45-37-29-33-41-57-51(49-55)53(59-43-35-31-39-47-79(27,65-73(13,14)15)66-74(16,17)18)54(60-44-36-32-40-48-80(28,67-75(19,20)21)68-76(22,23)24)52(50-56)58-42-34-30-38-46-78(26,63-71(7,8)9)64-72(10,11)12/h51-56H,29-50H2,1-28H3/t51-,52-,53-,54+/m0/s1. The van der Waals surface area contributed by atoms with Crippen molar-refractivity contribution in [2.75, 3.05) is 39.6 Å². The summed E-state index contributed by atoms with van der Waals surface area (Å²) in [6.45, 7) is 64.4. The third-order valence-corrected chi connectivity index (χ3v) is 50.4. The Morgan fingerprint density at radius 3 is 0.537 bits per heavy atom. The first kappa shape index (κ1) is 82.0. The molecule has 0 spiro atoms. The van der Waals surface area contributed by atoms with Gasteiger partial charge in [-0.2, -0.15) is 0 Å². The normalized spacial score (nSPS) is 16.1. The minimum atomic E-state index is -2.39. The van der Waals surface area contributed by atoms with E-state index in [9.17, 15) is 10.2 Å². The quantitative estimate of drug-likeness (QED) is 0.0439. The zero-order valence-electron chi connectivity index (χ0n) is 57.7. The number of unbranched alkanes of at least 4 members (excludes halogenated alkanes) is 8. The zero-order chi connectivity index (χ0) is 62.4. The van der Waals surface area contributed by atoms with Crippen LogP contribution in [0.15, 0.2) is 0 Å². The van der Waals surface area contributed by atoms with Gasteiger partial charge in [-0.25, -0.2) is 0 Å². The van der Waals surface area contributed by atoms with Gasteiger partial charge in [-0.15, -0.1) is 0 Å². The van der Waals surface area contributed by atoms with Crippen molar-refractivity contribution >= 4 is 101 Å². The fourth-order valence-electron chi connectivity index (χ4n) is 10.8. The number of hydrogen-bond donors (Lipinski definition) is 2. The van der Waals surface area contributed by atoms with Crippen LogP contribution in [-0.2, 0) is 51.9 Å². The maximum Gasteiger partial charge on any atom is 0.314 e. The summed E-state index contributed by atoms with van der Waals surface area (Å²) in [6.07, 6.45) is 8.20. The number of aliphatic hydroxyl groups is 2. The minimum Gasteiger partial charge on any atom is -0.437 e. The molecule has 0 saturated carbocycles.